The highest BCUT2D eigenvalue weighted by molar-refractivity contribution is 5.85. The number of anilines is 1. The molecule has 1 aromatic rings. The van der Waals surface area contributed by atoms with Gasteiger partial charge < -0.3 is 10.1 Å². The van der Waals surface area contributed by atoms with E-state index in [1.165, 1.54) is 12.5 Å². The summed E-state index contributed by atoms with van der Waals surface area (Å²) in [7, 11) is 0. The van der Waals surface area contributed by atoms with Crippen LogP contribution in [-0.4, -0.2) is 12.5 Å². The summed E-state index contributed by atoms with van der Waals surface area (Å²) in [6.45, 7) is 2.44. The molecule has 0 fully saturated rings. The highest BCUT2D eigenvalue weighted by atomic mass is 35.5. The fourth-order valence-corrected chi connectivity index (χ4v) is 1.68. The quantitative estimate of drug-likeness (QED) is 0.592. The van der Waals surface area contributed by atoms with E-state index >= 15 is 0 Å². The molecule has 1 heterocycles. The Hall–Kier alpha value is -1.22. The minimum Gasteiger partial charge on any atom is -0.427 e. The zero-order valence-electron chi connectivity index (χ0n) is 8.58. The molecule has 3 nitrogen and oxygen atoms in total. The highest BCUT2D eigenvalue weighted by Gasteiger charge is 2.09. The van der Waals surface area contributed by atoms with E-state index in [2.05, 4.69) is 5.32 Å². The zero-order valence-corrected chi connectivity index (χ0v) is 9.39. The van der Waals surface area contributed by atoms with Crippen molar-refractivity contribution in [2.45, 2.75) is 19.8 Å². The van der Waals surface area contributed by atoms with Gasteiger partial charge in [-0.25, -0.2) is 0 Å². The van der Waals surface area contributed by atoms with Crippen molar-refractivity contribution in [2.24, 2.45) is 0 Å². The van der Waals surface area contributed by atoms with Crippen LogP contribution in [0.5, 0.6) is 5.75 Å². The first-order valence-electron chi connectivity index (χ1n) is 4.81. The standard InChI is InChI=1S/C11H13NO2.ClH/c1-8(13)14-10-4-5-11-9(7-10)3-2-6-12-11;/h4-5,7,12H,2-3,6H2,1H3;1H. The van der Waals surface area contributed by atoms with Crippen molar-refractivity contribution in [1.29, 1.82) is 0 Å². The van der Waals surface area contributed by atoms with Crippen LogP contribution in [0.1, 0.15) is 18.9 Å². The lowest BCUT2D eigenvalue weighted by Gasteiger charge is -2.18. The molecule has 2 rings (SSSR count). The predicted octanol–water partition coefficient (Wildman–Crippen LogP) is 2.39. The molecule has 0 saturated carbocycles. The average molecular weight is 228 g/mol. The maximum Gasteiger partial charge on any atom is 0.308 e. The first-order chi connectivity index (χ1) is 6.75. The minimum absolute atomic E-state index is 0. The van der Waals surface area contributed by atoms with Gasteiger partial charge in [-0.1, -0.05) is 0 Å². The van der Waals surface area contributed by atoms with E-state index in [0.717, 1.165) is 25.1 Å². The van der Waals surface area contributed by atoms with Crippen molar-refractivity contribution in [1.82, 2.24) is 0 Å². The second-order valence-corrected chi connectivity index (χ2v) is 3.44. The smallest absolute Gasteiger partial charge is 0.308 e. The molecule has 0 atom stereocenters. The van der Waals surface area contributed by atoms with Crippen molar-refractivity contribution in [3.05, 3.63) is 23.8 Å². The third-order valence-corrected chi connectivity index (χ3v) is 2.28. The fraction of sp³-hybridized carbons (Fsp3) is 0.364. The highest BCUT2D eigenvalue weighted by Crippen LogP contribution is 2.26. The lowest BCUT2D eigenvalue weighted by Crippen LogP contribution is -2.12. The molecular formula is C11H14ClNO2. The first-order valence-corrected chi connectivity index (χ1v) is 4.81. The van der Waals surface area contributed by atoms with E-state index in [0.29, 0.717) is 5.75 Å². The third-order valence-electron chi connectivity index (χ3n) is 2.28. The van der Waals surface area contributed by atoms with Crippen LogP contribution in [0.2, 0.25) is 0 Å². The number of aryl methyl sites for hydroxylation is 1. The lowest BCUT2D eigenvalue weighted by atomic mass is 10.0. The Bertz CT molecular complexity index is 366. The van der Waals surface area contributed by atoms with E-state index < -0.39 is 0 Å². The number of ether oxygens (including phenoxy) is 1. The molecule has 0 aliphatic carbocycles. The Morgan fingerprint density at radius 1 is 1.47 bits per heavy atom. The number of rotatable bonds is 1. The number of benzene rings is 1. The van der Waals surface area contributed by atoms with Gasteiger partial charge in [-0.2, -0.15) is 0 Å². The molecule has 0 aromatic heterocycles. The number of fused-ring (bicyclic) bond motifs is 1. The van der Waals surface area contributed by atoms with Crippen LogP contribution in [0.15, 0.2) is 18.2 Å². The van der Waals surface area contributed by atoms with Crippen LogP contribution in [0.3, 0.4) is 0 Å². The lowest BCUT2D eigenvalue weighted by molar-refractivity contribution is -0.131. The number of halogens is 1. The topological polar surface area (TPSA) is 38.3 Å². The van der Waals surface area contributed by atoms with E-state index in [1.807, 2.05) is 18.2 Å². The molecule has 0 radical (unpaired) electrons. The fourth-order valence-electron chi connectivity index (χ4n) is 1.68. The van der Waals surface area contributed by atoms with E-state index in [-0.39, 0.29) is 18.4 Å². The summed E-state index contributed by atoms with van der Waals surface area (Å²) in [4.78, 5) is 10.7. The first kappa shape index (κ1) is 11.9. The minimum atomic E-state index is -0.270. The summed E-state index contributed by atoms with van der Waals surface area (Å²) in [5.41, 5.74) is 2.39. The number of esters is 1. The van der Waals surface area contributed by atoms with Gasteiger partial charge in [0.25, 0.3) is 0 Å². The molecule has 0 saturated heterocycles. The normalized spacial score (nSPS) is 13.1. The van der Waals surface area contributed by atoms with Gasteiger partial charge in [-0.05, 0) is 36.6 Å². The van der Waals surface area contributed by atoms with Gasteiger partial charge in [0.15, 0.2) is 0 Å². The van der Waals surface area contributed by atoms with Gasteiger partial charge in [0.1, 0.15) is 5.75 Å². The Morgan fingerprint density at radius 2 is 2.27 bits per heavy atom. The van der Waals surface area contributed by atoms with Crippen molar-refractivity contribution in [3.8, 4) is 5.75 Å². The van der Waals surface area contributed by atoms with Crippen LogP contribution < -0.4 is 10.1 Å². The van der Waals surface area contributed by atoms with Crippen LogP contribution in [0, 0.1) is 0 Å². The summed E-state index contributed by atoms with van der Waals surface area (Å²) in [5, 5.41) is 3.30. The molecule has 82 valence electrons. The average Bonchev–Trinajstić information content (AvgIpc) is 2.17. The van der Waals surface area contributed by atoms with Gasteiger partial charge in [-0.3, -0.25) is 4.79 Å². The molecule has 4 heteroatoms. The van der Waals surface area contributed by atoms with Crippen LogP contribution in [0.4, 0.5) is 5.69 Å². The predicted molar refractivity (Wildman–Crippen MR) is 61.8 cm³/mol. The maximum absolute atomic E-state index is 10.7. The largest absolute Gasteiger partial charge is 0.427 e. The van der Waals surface area contributed by atoms with Crippen LogP contribution >= 0.6 is 12.4 Å². The number of hydrogen-bond acceptors (Lipinski definition) is 3. The van der Waals surface area contributed by atoms with Gasteiger partial charge in [-0.15, -0.1) is 12.4 Å². The summed E-state index contributed by atoms with van der Waals surface area (Å²) in [6.07, 6.45) is 2.19. The Labute approximate surface area is 95.2 Å². The molecule has 0 unspecified atom stereocenters. The number of hydrogen-bond donors (Lipinski definition) is 1. The van der Waals surface area contributed by atoms with E-state index in [9.17, 15) is 4.79 Å². The molecule has 0 bridgehead atoms. The second-order valence-electron chi connectivity index (χ2n) is 3.44. The second kappa shape index (κ2) is 5.03. The van der Waals surface area contributed by atoms with E-state index in [1.54, 1.807) is 0 Å². The molecule has 1 aromatic carbocycles. The molecular weight excluding hydrogens is 214 g/mol. The van der Waals surface area contributed by atoms with Crippen molar-refractivity contribution in [2.75, 3.05) is 11.9 Å². The zero-order chi connectivity index (χ0) is 9.97. The molecule has 1 N–H and O–H groups in total. The van der Waals surface area contributed by atoms with Gasteiger partial charge >= 0.3 is 5.97 Å². The molecule has 15 heavy (non-hydrogen) atoms. The number of nitrogens with one attached hydrogen (secondary N) is 1. The maximum atomic E-state index is 10.7. The summed E-state index contributed by atoms with van der Waals surface area (Å²) in [5.74, 6) is 0.369. The Balaban J connectivity index is 0.00000112. The van der Waals surface area contributed by atoms with Crippen molar-refractivity contribution in [3.63, 3.8) is 0 Å². The molecule has 1 aliphatic heterocycles. The van der Waals surface area contributed by atoms with Crippen molar-refractivity contribution >= 4 is 24.1 Å². The van der Waals surface area contributed by atoms with Gasteiger partial charge in [0.05, 0.1) is 0 Å². The van der Waals surface area contributed by atoms with Gasteiger partial charge in [0.2, 0.25) is 0 Å². The number of carbonyl (C=O) groups is 1. The molecule has 0 amide bonds. The Kier molecular flexibility index (Phi) is 3.97. The Morgan fingerprint density at radius 3 is 3.00 bits per heavy atom. The van der Waals surface area contributed by atoms with Crippen LogP contribution in [-0.2, 0) is 11.2 Å². The monoisotopic (exact) mass is 227 g/mol. The van der Waals surface area contributed by atoms with Crippen molar-refractivity contribution < 1.29 is 9.53 Å². The summed E-state index contributed by atoms with van der Waals surface area (Å²) in [6, 6.07) is 5.72. The molecule has 1 aliphatic rings. The SMILES string of the molecule is CC(=O)Oc1ccc2c(c1)CCCN2.Cl. The summed E-state index contributed by atoms with van der Waals surface area (Å²) >= 11 is 0. The third kappa shape index (κ3) is 2.86. The molecule has 0 spiro atoms. The number of carbonyl (C=O) groups excluding carboxylic acids is 1. The van der Waals surface area contributed by atoms with E-state index in [4.69, 9.17) is 4.74 Å². The summed E-state index contributed by atoms with van der Waals surface area (Å²) < 4.78 is 5.01. The van der Waals surface area contributed by atoms with Gasteiger partial charge in [0, 0.05) is 19.2 Å². The van der Waals surface area contributed by atoms with Crippen LogP contribution in [0.25, 0.3) is 0 Å².